The molecule has 5 rings (SSSR count). The van der Waals surface area contributed by atoms with Crippen LogP contribution in [0.25, 0.3) is 0 Å². The van der Waals surface area contributed by atoms with Gasteiger partial charge in [0, 0.05) is 44.6 Å². The number of nitrogens with zero attached hydrogens (tertiary/aromatic N) is 2. The molecule has 2 heterocycles. The molecular weight excluding hydrogens is 1960 g/mol. The lowest BCUT2D eigenvalue weighted by molar-refractivity contribution is -0.145. The van der Waals surface area contributed by atoms with Crippen molar-refractivity contribution < 1.29 is 136 Å². The number of aliphatic hydroxyl groups excluding tert-OH is 3. The lowest BCUT2D eigenvalue weighted by Gasteiger charge is -2.32. The monoisotopic (exact) mass is 2100 g/mol. The molecule has 0 saturated carbocycles. The minimum Gasteiger partial charge on any atom is -0.481 e. The predicted molar refractivity (Wildman–Crippen MR) is 533 cm³/mol. The van der Waals surface area contributed by atoms with Gasteiger partial charge in [-0.15, -0.1) is 0 Å². The second-order valence-electron chi connectivity index (χ2n) is 36.4. The molecule has 0 unspecified atom stereocenters. The topological polar surface area (TPSA) is 796 Å². The van der Waals surface area contributed by atoms with Gasteiger partial charge in [-0.05, 0) is 112 Å². The van der Waals surface area contributed by atoms with Crippen LogP contribution >= 0.6 is 24.4 Å². The number of rotatable bonds is 61. The molecule has 3 aromatic carbocycles. The molecule has 810 valence electrons. The number of benzene rings is 3. The lowest BCUT2D eigenvalue weighted by atomic mass is 10.0. The van der Waals surface area contributed by atoms with Crippen LogP contribution in [0, 0.1) is 23.2 Å². The summed E-state index contributed by atoms with van der Waals surface area (Å²) in [6, 6.07) is -3.15. The Balaban J connectivity index is 1.17. The second kappa shape index (κ2) is 61.9. The summed E-state index contributed by atoms with van der Waals surface area (Å²) in [4.78, 5) is 303. The number of carbonyl (C=O) groups excluding carboxylic acids is 19. The van der Waals surface area contributed by atoms with E-state index in [1.807, 2.05) is 0 Å². The summed E-state index contributed by atoms with van der Waals surface area (Å²) >= 11 is 5.57. The number of carbonyl (C=O) groups is 22. The highest BCUT2D eigenvalue weighted by molar-refractivity contribution is 7.98. The molecule has 53 heteroatoms. The first-order valence-corrected chi connectivity index (χ1v) is 49.8. The summed E-state index contributed by atoms with van der Waals surface area (Å²) in [7, 11) is 0. The second-order valence-corrected chi connectivity index (χ2v) is 37.7. The quantitative estimate of drug-likeness (QED) is 0.0108. The fourth-order valence-electron chi connectivity index (χ4n) is 15.3. The molecule has 29 N–H and O–H groups in total. The molecule has 0 aliphatic carbocycles. The zero-order valence-corrected chi connectivity index (χ0v) is 85.0. The minimum atomic E-state index is -1.87. The van der Waals surface area contributed by atoms with Crippen molar-refractivity contribution in [3.63, 3.8) is 0 Å². The van der Waals surface area contributed by atoms with Crippen molar-refractivity contribution in [2.45, 2.75) is 254 Å². The van der Waals surface area contributed by atoms with E-state index in [-0.39, 0.29) is 89.8 Å². The van der Waals surface area contributed by atoms with Gasteiger partial charge in [0.2, 0.25) is 112 Å². The zero-order chi connectivity index (χ0) is 110. The minimum absolute atomic E-state index is 0.0106. The number of thioether (sulfide) groups is 1. The predicted octanol–water partition coefficient (Wildman–Crippen LogP) is -8.12. The van der Waals surface area contributed by atoms with Crippen LogP contribution in [0.5, 0.6) is 0 Å². The smallest absolute Gasteiger partial charge is 0.326 e. The summed E-state index contributed by atoms with van der Waals surface area (Å²) in [5, 5.41) is 112. The van der Waals surface area contributed by atoms with Crippen molar-refractivity contribution in [3.8, 4) is 0 Å². The number of carboxylic acid groups (broad SMARTS) is 3. The van der Waals surface area contributed by atoms with E-state index in [4.69, 9.17) is 16.9 Å². The van der Waals surface area contributed by atoms with E-state index < -0.39 is 308 Å². The molecule has 2 fully saturated rings. The fraction of sp³-hybridized carbons (Fsp3) is 0.564. The highest BCUT2D eigenvalue weighted by Crippen LogP contribution is 2.24. The maximum absolute atomic E-state index is 14.5. The van der Waals surface area contributed by atoms with Crippen LogP contribution in [-0.4, -0.2) is 355 Å². The molecule has 0 bridgehead atoms. The third-order valence-corrected chi connectivity index (χ3v) is 24.7. The van der Waals surface area contributed by atoms with Gasteiger partial charge in [-0.1, -0.05) is 133 Å². The van der Waals surface area contributed by atoms with Gasteiger partial charge in [-0.25, -0.2) is 4.79 Å². The third-order valence-electron chi connectivity index (χ3n) is 23.7. The molecule has 2 aliphatic rings. The molecule has 0 aromatic heterocycles. The van der Waals surface area contributed by atoms with Crippen LogP contribution in [0.4, 0.5) is 0 Å². The largest absolute Gasteiger partial charge is 0.481 e. The molecule has 51 nitrogen and oxygen atoms in total. The van der Waals surface area contributed by atoms with E-state index in [0.717, 1.165) is 11.8 Å². The average Bonchev–Trinajstić information content (AvgIpc) is 1.69. The number of likely N-dealkylation sites (tertiary alicyclic amines) is 2. The van der Waals surface area contributed by atoms with Gasteiger partial charge in [0.25, 0.3) is 0 Å². The van der Waals surface area contributed by atoms with Crippen molar-refractivity contribution in [2.75, 3.05) is 63.7 Å². The van der Waals surface area contributed by atoms with Crippen molar-refractivity contribution in [1.82, 2.24) is 106 Å². The van der Waals surface area contributed by atoms with Crippen LogP contribution in [-0.2, 0) is 125 Å². The van der Waals surface area contributed by atoms with Crippen LogP contribution in [0.2, 0.25) is 0 Å². The molecule has 0 radical (unpaired) electrons. The summed E-state index contributed by atoms with van der Waals surface area (Å²) in [6.07, 6.45) is -2.15. The number of hydrogen-bond acceptors (Lipinski definition) is 29. The summed E-state index contributed by atoms with van der Waals surface area (Å²) in [5.41, 5.74) is 12.7. The van der Waals surface area contributed by atoms with Crippen molar-refractivity contribution in [2.24, 2.45) is 29.2 Å². The Hall–Kier alpha value is -14.2. The van der Waals surface area contributed by atoms with Gasteiger partial charge >= 0.3 is 17.9 Å². The molecular formula is C94H139N23O28S2. The van der Waals surface area contributed by atoms with Crippen molar-refractivity contribution in [3.05, 3.63) is 108 Å². The standard InChI is InChI=1S/C94H139N23O28S2/c1-47(2)72(95)88(139)109-62(41-71(125)126)81(132)111-63(44-118)83(134)108-60(39-55-27-18-13-19-28-55)82(133)115-75(52(9)120)92(143)117-35-22-31-67(117)87(138)112-64(45-119)84(135)113-73(48(3)4)89(140)100-43-69(122)104-65(46-146)85(136)114-74(49(5)6)90(141)110-58(37-53-23-14-11-15-24-53)78(129)101-50(7)76(127)99-42-68(121)103-56(32-36-147-10)91(142)116-34-21-30-66(116)86(137)102-51(8)77(128)106-61(40-70(123)124)80(131)107-59(38-54-25-16-12-17-26-54)79(130)105-57(93(144)145)29-20-33-98-94(96)97/h11-19,23-28,47-52,56-67,72-75,118-120,146H,20-22,29-46,95H2,1-10H3,(H,99,127)(H,100,140)(H,101,129)(H,102,137)(H,103,121)(H,104,122)(H,105,130)(H,106,128)(H,107,131)(H,108,134)(H,109,139)(H,110,141)(H,111,132)(H,112,138)(H,113,135)(H,114,136)(H,115,133)(H,123,124)(H,125,126)(H,144,145)(H4,96,97,98)/t50-,51-,52+,56-,57-,58-,59-,60-,61-,62-,63-,64-,65-,66-,67-,72-,73-,74-,75-/m0/s1. The highest BCUT2D eigenvalue weighted by Gasteiger charge is 2.45. The van der Waals surface area contributed by atoms with E-state index in [2.05, 4.69) is 108 Å². The molecule has 19 amide bonds. The number of nitrogens with two attached hydrogens (primary N) is 2. The van der Waals surface area contributed by atoms with Crippen molar-refractivity contribution in [1.29, 1.82) is 5.41 Å². The molecule has 3 aromatic rings. The van der Waals surface area contributed by atoms with Crippen LogP contribution in [0.1, 0.15) is 137 Å². The van der Waals surface area contributed by atoms with Crippen LogP contribution < -0.4 is 107 Å². The van der Waals surface area contributed by atoms with E-state index in [1.54, 1.807) is 125 Å². The molecule has 147 heavy (non-hydrogen) atoms. The number of aliphatic hydroxyl groups is 3. The maximum Gasteiger partial charge on any atom is 0.326 e. The van der Waals surface area contributed by atoms with Gasteiger partial charge < -0.3 is 148 Å². The zero-order valence-electron chi connectivity index (χ0n) is 83.3. The number of aliphatic carboxylic acids is 3. The Labute approximate surface area is 858 Å². The first kappa shape index (κ1) is 123. The van der Waals surface area contributed by atoms with Gasteiger partial charge in [0.15, 0.2) is 5.96 Å². The van der Waals surface area contributed by atoms with E-state index in [0.29, 0.717) is 22.4 Å². The van der Waals surface area contributed by atoms with Gasteiger partial charge in [-0.2, -0.15) is 24.4 Å². The molecule has 2 saturated heterocycles. The number of guanidine groups is 1. The normalized spacial score (nSPS) is 16.7. The van der Waals surface area contributed by atoms with Crippen LogP contribution in [0.3, 0.4) is 0 Å². The first-order chi connectivity index (χ1) is 69.4. The first-order valence-electron chi connectivity index (χ1n) is 47.8. The number of thiol groups is 1. The Kier molecular flexibility index (Phi) is 52.0. The van der Waals surface area contributed by atoms with Crippen LogP contribution in [0.15, 0.2) is 91.0 Å². The lowest BCUT2D eigenvalue weighted by Crippen LogP contribution is -2.62. The van der Waals surface area contributed by atoms with Crippen molar-refractivity contribution >= 4 is 160 Å². The SMILES string of the molecule is CSCC[C@H](NC(=O)CNC(=O)[C@H](C)NC(=O)[C@H](Cc1ccccc1)NC(=O)[C@@H](NC(=O)[C@H](CS)NC(=O)CNC(=O)[C@@H](NC(=O)[C@H](CO)NC(=O)[C@@H]1CCCN1C(=O)[C@@H](NC(=O)[C@H](Cc1ccccc1)NC(=O)[C@H](CO)NC(=O)[C@H](CC(=O)O)NC(=O)[C@@H](N)C(C)C)[C@@H](C)O)C(C)C)C(C)C)C(=O)N1CCC[C@H]1C(=O)N[C@@H](C)C(=O)N[C@@H](CC(=O)O)C(=O)N[C@@H](Cc1ccccc1)C(=O)N[C@@H](CCCNC(=N)N)C(=O)O. The van der Waals surface area contributed by atoms with E-state index in [9.17, 15) is 136 Å². The number of amides is 19. The number of hydrogen-bond donors (Lipinski definition) is 28. The number of nitrogens with one attached hydrogen (secondary N) is 19. The van der Waals surface area contributed by atoms with Gasteiger partial charge in [0.1, 0.15) is 103 Å². The maximum atomic E-state index is 14.5. The number of carboxylic acids is 3. The Morgan fingerprint density at radius 3 is 1.20 bits per heavy atom. The highest BCUT2D eigenvalue weighted by atomic mass is 32.2. The third kappa shape index (κ3) is 41.0. The summed E-state index contributed by atoms with van der Waals surface area (Å²) in [5.74, 6) is -25.7. The summed E-state index contributed by atoms with van der Waals surface area (Å²) in [6.45, 7) is 9.14. The van der Waals surface area contributed by atoms with E-state index in [1.165, 1.54) is 44.4 Å². The summed E-state index contributed by atoms with van der Waals surface area (Å²) < 4.78 is 0. The molecule has 19 atom stereocenters. The fourth-order valence-corrected chi connectivity index (χ4v) is 16.1. The molecule has 0 spiro atoms. The Morgan fingerprint density at radius 1 is 0.401 bits per heavy atom. The molecule has 2 aliphatic heterocycles. The average molecular weight is 2100 g/mol. The van der Waals surface area contributed by atoms with Gasteiger partial charge in [0.05, 0.1) is 51.3 Å². The van der Waals surface area contributed by atoms with Gasteiger partial charge in [-0.3, -0.25) is 106 Å². The Morgan fingerprint density at radius 2 is 0.769 bits per heavy atom. The Bertz CT molecular complexity index is 5070. The van der Waals surface area contributed by atoms with E-state index >= 15 is 0 Å².